The lowest BCUT2D eigenvalue weighted by atomic mass is 10.0. The lowest BCUT2D eigenvalue weighted by Gasteiger charge is -2.18. The fourth-order valence-corrected chi connectivity index (χ4v) is 2.97. The van der Waals surface area contributed by atoms with Crippen LogP contribution in [0.15, 0.2) is 24.3 Å². The Morgan fingerprint density at radius 1 is 0.591 bits per heavy atom. The van der Waals surface area contributed by atoms with Gasteiger partial charge in [0.2, 0.25) is 0 Å². The Morgan fingerprint density at radius 2 is 0.909 bits per heavy atom. The second kappa shape index (κ2) is 11.7. The highest BCUT2D eigenvalue weighted by Crippen LogP contribution is 2.09. The maximum atomic E-state index is 2.50. The predicted molar refractivity (Wildman–Crippen MR) is 98.7 cm³/mol. The summed E-state index contributed by atoms with van der Waals surface area (Å²) in [6, 6.07) is 9.31. The first-order valence-corrected chi connectivity index (χ1v) is 9.25. The second-order valence-corrected chi connectivity index (χ2v) is 6.08. The molecule has 0 N–H and O–H groups in total. The normalized spacial score (nSPS) is 11.5. The molecule has 2 heteroatoms. The van der Waals surface area contributed by atoms with Crippen LogP contribution in [-0.2, 0) is 12.8 Å². The molecule has 0 fully saturated rings. The van der Waals surface area contributed by atoms with Crippen molar-refractivity contribution in [3.63, 3.8) is 0 Å². The van der Waals surface area contributed by atoms with E-state index in [1.807, 2.05) is 0 Å². The summed E-state index contributed by atoms with van der Waals surface area (Å²) >= 11 is 0. The van der Waals surface area contributed by atoms with Crippen molar-refractivity contribution in [2.75, 3.05) is 39.3 Å². The third-order valence-corrected chi connectivity index (χ3v) is 4.69. The number of hydrogen-bond acceptors (Lipinski definition) is 2. The van der Waals surface area contributed by atoms with Crippen molar-refractivity contribution in [1.29, 1.82) is 0 Å². The van der Waals surface area contributed by atoms with Crippen molar-refractivity contribution in [3.8, 4) is 0 Å². The zero-order valence-electron chi connectivity index (χ0n) is 15.3. The minimum absolute atomic E-state index is 1.17. The fourth-order valence-electron chi connectivity index (χ4n) is 2.97. The molecule has 0 saturated carbocycles. The van der Waals surface area contributed by atoms with E-state index in [2.05, 4.69) is 61.8 Å². The standard InChI is InChI=1S/C20H36N2/c1-5-21(6-2)17-9-11-19-13-15-20(16-14-19)12-10-18-22(7-3)8-4/h13-16H,5-12,17-18H2,1-4H3. The highest BCUT2D eigenvalue weighted by molar-refractivity contribution is 5.22. The van der Waals surface area contributed by atoms with Crippen LogP contribution in [0.4, 0.5) is 0 Å². The first-order valence-electron chi connectivity index (χ1n) is 9.25. The van der Waals surface area contributed by atoms with E-state index in [0.717, 1.165) is 0 Å². The first-order chi connectivity index (χ1) is 10.7. The van der Waals surface area contributed by atoms with Gasteiger partial charge in [0.05, 0.1) is 0 Å². The summed E-state index contributed by atoms with van der Waals surface area (Å²) in [6.07, 6.45) is 4.94. The average Bonchev–Trinajstić information content (AvgIpc) is 2.57. The Morgan fingerprint density at radius 3 is 1.18 bits per heavy atom. The number of aryl methyl sites for hydroxylation is 2. The Kier molecular flexibility index (Phi) is 10.2. The van der Waals surface area contributed by atoms with Crippen LogP contribution < -0.4 is 0 Å². The lowest BCUT2D eigenvalue weighted by molar-refractivity contribution is 0.300. The van der Waals surface area contributed by atoms with E-state index in [-0.39, 0.29) is 0 Å². The molecule has 0 heterocycles. The van der Waals surface area contributed by atoms with Gasteiger partial charge < -0.3 is 9.80 Å². The number of benzene rings is 1. The van der Waals surface area contributed by atoms with E-state index < -0.39 is 0 Å². The van der Waals surface area contributed by atoms with Gasteiger partial charge in [0.1, 0.15) is 0 Å². The third-order valence-electron chi connectivity index (χ3n) is 4.69. The van der Waals surface area contributed by atoms with Crippen LogP contribution in [0.1, 0.15) is 51.7 Å². The molecule has 0 radical (unpaired) electrons. The highest BCUT2D eigenvalue weighted by atomic mass is 15.1. The van der Waals surface area contributed by atoms with E-state index in [4.69, 9.17) is 0 Å². The molecule has 2 nitrogen and oxygen atoms in total. The topological polar surface area (TPSA) is 6.48 Å². The van der Waals surface area contributed by atoms with Crippen LogP contribution in [0.3, 0.4) is 0 Å². The Labute approximate surface area is 138 Å². The van der Waals surface area contributed by atoms with Crippen molar-refractivity contribution in [2.24, 2.45) is 0 Å². The molecule has 1 aromatic rings. The van der Waals surface area contributed by atoms with E-state index in [0.29, 0.717) is 0 Å². The van der Waals surface area contributed by atoms with Gasteiger partial charge >= 0.3 is 0 Å². The minimum atomic E-state index is 1.17. The zero-order chi connectivity index (χ0) is 16.2. The molecule has 0 aliphatic carbocycles. The van der Waals surface area contributed by atoms with Crippen LogP contribution in [0.25, 0.3) is 0 Å². The quantitative estimate of drug-likeness (QED) is 0.570. The first kappa shape index (κ1) is 19.2. The molecule has 1 rings (SSSR count). The Bertz CT molecular complexity index is 327. The molecule has 0 aliphatic heterocycles. The van der Waals surface area contributed by atoms with Gasteiger partial charge in [0.25, 0.3) is 0 Å². The monoisotopic (exact) mass is 304 g/mol. The van der Waals surface area contributed by atoms with E-state index in [9.17, 15) is 0 Å². The van der Waals surface area contributed by atoms with Crippen LogP contribution in [0, 0.1) is 0 Å². The maximum absolute atomic E-state index is 2.50. The van der Waals surface area contributed by atoms with Gasteiger partial charge in [-0.05, 0) is 76.1 Å². The average molecular weight is 305 g/mol. The summed E-state index contributed by atoms with van der Waals surface area (Å²) in [6.45, 7) is 16.1. The molecule has 22 heavy (non-hydrogen) atoms. The zero-order valence-corrected chi connectivity index (χ0v) is 15.3. The molecule has 0 spiro atoms. The SMILES string of the molecule is CCN(CC)CCCc1ccc(CCCN(CC)CC)cc1. The summed E-state index contributed by atoms with van der Waals surface area (Å²) in [5.41, 5.74) is 2.97. The van der Waals surface area contributed by atoms with Crippen molar-refractivity contribution in [2.45, 2.75) is 53.4 Å². The molecule has 0 aromatic heterocycles. The maximum Gasteiger partial charge on any atom is -0.00158 e. The van der Waals surface area contributed by atoms with E-state index >= 15 is 0 Å². The third kappa shape index (κ3) is 7.42. The van der Waals surface area contributed by atoms with Crippen molar-refractivity contribution < 1.29 is 0 Å². The Hall–Kier alpha value is -0.860. The van der Waals surface area contributed by atoms with Crippen molar-refractivity contribution >= 4 is 0 Å². The largest absolute Gasteiger partial charge is 0.304 e. The van der Waals surface area contributed by atoms with Gasteiger partial charge in [-0.3, -0.25) is 0 Å². The lowest BCUT2D eigenvalue weighted by Crippen LogP contribution is -2.24. The molecule has 0 atom stereocenters. The highest BCUT2D eigenvalue weighted by Gasteiger charge is 2.01. The molecular weight excluding hydrogens is 268 g/mol. The molecule has 0 amide bonds. The summed E-state index contributed by atoms with van der Waals surface area (Å²) in [5, 5.41) is 0. The molecule has 0 aliphatic rings. The van der Waals surface area contributed by atoms with Crippen LogP contribution in [0.2, 0.25) is 0 Å². The second-order valence-electron chi connectivity index (χ2n) is 6.08. The smallest absolute Gasteiger partial charge is 0.00158 e. The molecule has 1 aromatic carbocycles. The fraction of sp³-hybridized carbons (Fsp3) is 0.700. The van der Waals surface area contributed by atoms with Gasteiger partial charge in [-0.2, -0.15) is 0 Å². The van der Waals surface area contributed by atoms with Crippen LogP contribution >= 0.6 is 0 Å². The minimum Gasteiger partial charge on any atom is -0.304 e. The predicted octanol–water partition coefficient (Wildman–Crippen LogP) is 4.24. The molecule has 0 unspecified atom stereocenters. The van der Waals surface area contributed by atoms with Crippen LogP contribution in [0.5, 0.6) is 0 Å². The van der Waals surface area contributed by atoms with Gasteiger partial charge in [-0.1, -0.05) is 52.0 Å². The molecular formula is C20H36N2. The van der Waals surface area contributed by atoms with Gasteiger partial charge in [0.15, 0.2) is 0 Å². The summed E-state index contributed by atoms with van der Waals surface area (Å²) in [5.74, 6) is 0. The number of rotatable bonds is 12. The molecule has 0 saturated heterocycles. The van der Waals surface area contributed by atoms with Gasteiger partial charge in [0, 0.05) is 0 Å². The summed E-state index contributed by atoms with van der Waals surface area (Å²) in [4.78, 5) is 5.00. The summed E-state index contributed by atoms with van der Waals surface area (Å²) < 4.78 is 0. The van der Waals surface area contributed by atoms with E-state index in [1.54, 1.807) is 0 Å². The van der Waals surface area contributed by atoms with Gasteiger partial charge in [-0.15, -0.1) is 0 Å². The molecule has 0 bridgehead atoms. The van der Waals surface area contributed by atoms with E-state index in [1.165, 1.54) is 76.1 Å². The Balaban J connectivity index is 2.27. The van der Waals surface area contributed by atoms with Crippen LogP contribution in [-0.4, -0.2) is 49.1 Å². The number of hydrogen-bond donors (Lipinski definition) is 0. The van der Waals surface area contributed by atoms with Crippen molar-refractivity contribution in [1.82, 2.24) is 9.80 Å². The summed E-state index contributed by atoms with van der Waals surface area (Å²) in [7, 11) is 0. The molecule has 126 valence electrons. The van der Waals surface area contributed by atoms with Gasteiger partial charge in [-0.25, -0.2) is 0 Å². The number of nitrogens with zero attached hydrogens (tertiary/aromatic N) is 2. The van der Waals surface area contributed by atoms with Crippen molar-refractivity contribution in [3.05, 3.63) is 35.4 Å².